The fraction of sp³-hybridized carbons (Fsp3) is 0.750. The van der Waals surface area contributed by atoms with Crippen LogP contribution in [0.3, 0.4) is 0 Å². The topological polar surface area (TPSA) is 107 Å². The molecule has 0 bridgehead atoms. The van der Waals surface area contributed by atoms with E-state index in [-0.39, 0.29) is 54.5 Å². The molecule has 3 saturated heterocycles. The highest BCUT2D eigenvalue weighted by atomic mass is 127. The molecule has 1 atom stereocenters. The molecule has 0 aliphatic carbocycles. The van der Waals surface area contributed by atoms with E-state index in [2.05, 4.69) is 20.5 Å². The molecule has 3 fully saturated rings. The van der Waals surface area contributed by atoms with E-state index < -0.39 is 0 Å². The molecule has 1 unspecified atom stereocenters. The van der Waals surface area contributed by atoms with Crippen molar-refractivity contribution in [2.24, 2.45) is 4.99 Å². The highest BCUT2D eigenvalue weighted by Crippen LogP contribution is 2.16. The lowest BCUT2D eigenvalue weighted by Gasteiger charge is -2.37. The van der Waals surface area contributed by atoms with Gasteiger partial charge in [-0.15, -0.1) is 24.0 Å². The van der Waals surface area contributed by atoms with Crippen LogP contribution < -0.4 is 10.6 Å². The van der Waals surface area contributed by atoms with Crippen molar-refractivity contribution >= 4 is 47.8 Å². The standard InChI is InChI=1S/C16H26N6O4.HI/c1-17-15(18-4-5-22-13(23)11-19-16(22)25)21-8-6-20(7-9-21)14(24)12-3-2-10-26-12;/h12H,2-11H2,1H3,(H,17,18)(H,19,25);1H. The summed E-state index contributed by atoms with van der Waals surface area (Å²) < 4.78 is 5.48. The molecule has 27 heavy (non-hydrogen) atoms. The second kappa shape index (κ2) is 10.1. The van der Waals surface area contributed by atoms with E-state index >= 15 is 0 Å². The van der Waals surface area contributed by atoms with Gasteiger partial charge in [0.05, 0.1) is 6.54 Å². The Hall–Kier alpha value is -1.63. The maximum Gasteiger partial charge on any atom is 0.324 e. The van der Waals surface area contributed by atoms with Crippen LogP contribution >= 0.6 is 24.0 Å². The monoisotopic (exact) mass is 494 g/mol. The van der Waals surface area contributed by atoms with Crippen molar-refractivity contribution in [3.63, 3.8) is 0 Å². The molecule has 0 aromatic rings. The van der Waals surface area contributed by atoms with Crippen LogP contribution in [0.5, 0.6) is 0 Å². The molecular weight excluding hydrogens is 467 g/mol. The number of guanidine groups is 1. The number of nitrogens with one attached hydrogen (secondary N) is 2. The highest BCUT2D eigenvalue weighted by molar-refractivity contribution is 14.0. The Labute approximate surface area is 175 Å². The van der Waals surface area contributed by atoms with Gasteiger partial charge in [0, 0.05) is 52.9 Å². The van der Waals surface area contributed by atoms with E-state index in [0.29, 0.717) is 51.8 Å². The lowest BCUT2D eigenvalue weighted by molar-refractivity contribution is -0.142. The zero-order valence-electron chi connectivity index (χ0n) is 15.5. The maximum absolute atomic E-state index is 12.4. The molecule has 0 radical (unpaired) electrons. The summed E-state index contributed by atoms with van der Waals surface area (Å²) in [6.45, 7) is 4.09. The summed E-state index contributed by atoms with van der Waals surface area (Å²) in [7, 11) is 1.69. The number of hydrogen-bond donors (Lipinski definition) is 2. The second-order valence-corrected chi connectivity index (χ2v) is 6.49. The van der Waals surface area contributed by atoms with Crippen molar-refractivity contribution in [2.45, 2.75) is 18.9 Å². The third kappa shape index (κ3) is 5.21. The first-order chi connectivity index (χ1) is 12.6. The van der Waals surface area contributed by atoms with Gasteiger partial charge in [-0.25, -0.2) is 4.79 Å². The molecule has 2 N–H and O–H groups in total. The molecule has 0 spiro atoms. The van der Waals surface area contributed by atoms with Crippen LogP contribution in [0.25, 0.3) is 0 Å². The molecule has 0 aromatic heterocycles. The Morgan fingerprint density at radius 3 is 2.52 bits per heavy atom. The summed E-state index contributed by atoms with van der Waals surface area (Å²) in [5.41, 5.74) is 0. The third-order valence-electron chi connectivity index (χ3n) is 4.86. The minimum Gasteiger partial charge on any atom is -0.368 e. The number of carbonyl (C=O) groups is 3. The van der Waals surface area contributed by atoms with E-state index in [1.807, 2.05) is 4.90 Å². The molecule has 3 aliphatic rings. The van der Waals surface area contributed by atoms with Crippen LogP contribution in [0.1, 0.15) is 12.8 Å². The van der Waals surface area contributed by atoms with Crippen molar-refractivity contribution in [3.05, 3.63) is 0 Å². The molecule has 11 heteroatoms. The Morgan fingerprint density at radius 2 is 1.96 bits per heavy atom. The Kier molecular flexibility index (Phi) is 8.07. The molecule has 3 rings (SSSR count). The maximum atomic E-state index is 12.4. The van der Waals surface area contributed by atoms with Gasteiger partial charge in [0.2, 0.25) is 5.91 Å². The summed E-state index contributed by atoms with van der Waals surface area (Å²) >= 11 is 0. The first-order valence-electron chi connectivity index (χ1n) is 9.04. The van der Waals surface area contributed by atoms with E-state index in [1.54, 1.807) is 7.05 Å². The summed E-state index contributed by atoms with van der Waals surface area (Å²) in [6.07, 6.45) is 1.48. The quantitative estimate of drug-likeness (QED) is 0.226. The summed E-state index contributed by atoms with van der Waals surface area (Å²) in [6, 6.07) is -0.354. The first-order valence-corrected chi connectivity index (χ1v) is 9.04. The summed E-state index contributed by atoms with van der Waals surface area (Å²) in [5.74, 6) is 0.581. The average molecular weight is 494 g/mol. The number of hydrogen-bond acceptors (Lipinski definition) is 5. The minimum absolute atomic E-state index is 0. The summed E-state index contributed by atoms with van der Waals surface area (Å²) in [4.78, 5) is 44.9. The van der Waals surface area contributed by atoms with Crippen molar-refractivity contribution < 1.29 is 19.1 Å². The van der Waals surface area contributed by atoms with Crippen LogP contribution in [-0.4, -0.2) is 104 Å². The van der Waals surface area contributed by atoms with Gasteiger partial charge < -0.3 is 25.2 Å². The lowest BCUT2D eigenvalue weighted by atomic mass is 10.2. The molecule has 10 nitrogen and oxygen atoms in total. The fourth-order valence-corrected chi connectivity index (χ4v) is 3.41. The lowest BCUT2D eigenvalue weighted by Crippen LogP contribution is -2.55. The van der Waals surface area contributed by atoms with Crippen LogP contribution in [0, 0.1) is 0 Å². The largest absolute Gasteiger partial charge is 0.368 e. The Morgan fingerprint density at radius 1 is 1.26 bits per heavy atom. The van der Waals surface area contributed by atoms with Gasteiger partial charge in [0.1, 0.15) is 6.10 Å². The molecule has 3 heterocycles. The van der Waals surface area contributed by atoms with Crippen LogP contribution in [0.15, 0.2) is 4.99 Å². The number of amides is 4. The smallest absolute Gasteiger partial charge is 0.324 e. The highest BCUT2D eigenvalue weighted by Gasteiger charge is 2.31. The Bertz CT molecular complexity index is 571. The van der Waals surface area contributed by atoms with Gasteiger partial charge in [-0.1, -0.05) is 0 Å². The van der Waals surface area contributed by atoms with Gasteiger partial charge in [-0.2, -0.15) is 0 Å². The third-order valence-corrected chi connectivity index (χ3v) is 4.86. The van der Waals surface area contributed by atoms with E-state index in [0.717, 1.165) is 12.8 Å². The van der Waals surface area contributed by atoms with Crippen molar-refractivity contribution in [2.75, 3.05) is 59.5 Å². The minimum atomic E-state index is -0.354. The van der Waals surface area contributed by atoms with Gasteiger partial charge in [0.15, 0.2) is 5.96 Å². The number of piperazine rings is 1. The number of nitrogens with zero attached hydrogens (tertiary/aromatic N) is 4. The Balaban J connectivity index is 0.00000261. The molecule has 0 saturated carbocycles. The zero-order chi connectivity index (χ0) is 18.5. The number of rotatable bonds is 4. The number of ether oxygens (including phenoxy) is 1. The van der Waals surface area contributed by atoms with Gasteiger partial charge in [-0.05, 0) is 12.8 Å². The number of halogens is 1. The molecule has 0 aromatic carbocycles. The number of imide groups is 1. The van der Waals surface area contributed by atoms with Crippen molar-refractivity contribution in [1.82, 2.24) is 25.3 Å². The predicted octanol–water partition coefficient (Wildman–Crippen LogP) is -0.945. The van der Waals surface area contributed by atoms with E-state index in [1.165, 1.54) is 4.90 Å². The van der Waals surface area contributed by atoms with Crippen molar-refractivity contribution in [1.29, 1.82) is 0 Å². The van der Waals surface area contributed by atoms with Crippen LogP contribution in [0.4, 0.5) is 4.79 Å². The number of carbonyl (C=O) groups excluding carboxylic acids is 3. The molecule has 3 aliphatic heterocycles. The molecule has 152 valence electrons. The average Bonchev–Trinajstić information content (AvgIpc) is 3.30. The van der Waals surface area contributed by atoms with Crippen LogP contribution in [-0.2, 0) is 14.3 Å². The number of urea groups is 1. The van der Waals surface area contributed by atoms with E-state index in [4.69, 9.17) is 4.74 Å². The van der Waals surface area contributed by atoms with Gasteiger partial charge >= 0.3 is 6.03 Å². The predicted molar refractivity (Wildman–Crippen MR) is 109 cm³/mol. The SMILES string of the molecule is CN=C(NCCN1C(=O)CNC1=O)N1CCN(C(=O)C2CCCO2)CC1.I. The zero-order valence-corrected chi connectivity index (χ0v) is 17.8. The summed E-state index contributed by atoms with van der Waals surface area (Å²) in [5, 5.41) is 5.67. The molecule has 4 amide bonds. The second-order valence-electron chi connectivity index (χ2n) is 6.49. The van der Waals surface area contributed by atoms with E-state index in [9.17, 15) is 14.4 Å². The normalized spacial score (nSPS) is 23.4. The molecular formula is C16H27IN6O4. The van der Waals surface area contributed by atoms with Gasteiger partial charge in [-0.3, -0.25) is 19.5 Å². The first kappa shape index (κ1) is 21.7. The van der Waals surface area contributed by atoms with Gasteiger partial charge in [0.25, 0.3) is 5.91 Å². The fourth-order valence-electron chi connectivity index (χ4n) is 3.41. The van der Waals surface area contributed by atoms with Crippen LogP contribution in [0.2, 0.25) is 0 Å². The number of aliphatic imine (C=N–C) groups is 1. The van der Waals surface area contributed by atoms with Crippen molar-refractivity contribution in [3.8, 4) is 0 Å².